The molecule has 25 heavy (non-hydrogen) atoms. The van der Waals surface area contributed by atoms with Crippen LogP contribution in [0.3, 0.4) is 0 Å². The van der Waals surface area contributed by atoms with Crippen LogP contribution in [0.1, 0.15) is 22.8 Å². The number of ether oxygens (including phenoxy) is 1. The Morgan fingerprint density at radius 3 is 2.32 bits per heavy atom. The summed E-state index contributed by atoms with van der Waals surface area (Å²) in [6.07, 6.45) is 0. The minimum atomic E-state index is -3.55. The molecule has 2 aromatic carbocycles. The predicted octanol–water partition coefficient (Wildman–Crippen LogP) is 1.20. The number of fused-ring (bicyclic) bond motifs is 1. The Morgan fingerprint density at radius 2 is 1.72 bits per heavy atom. The first-order valence-corrected chi connectivity index (χ1v) is 8.92. The third-order valence-electron chi connectivity index (χ3n) is 3.24. The molecular formula is C17H18N2O5S. The van der Waals surface area contributed by atoms with E-state index >= 15 is 0 Å². The van der Waals surface area contributed by atoms with Crippen molar-refractivity contribution in [1.29, 1.82) is 0 Å². The number of hydrogen-bond acceptors (Lipinski definition) is 6. The minimum absolute atomic E-state index is 0.0648. The molecule has 7 nitrogen and oxygen atoms in total. The lowest BCUT2D eigenvalue weighted by Gasteiger charge is -2.06. The standard InChI is InChI=1S/C10H13NO2.C7H5NO3S/c1-8(11)10(12)13-7-9-5-3-2-4-6-9;9-7-5-3-1-2-4-6(5)12(10,11)8-7/h2-6,8H,7,11H2,1H3;1-4H,(H,8,9). The van der Waals surface area contributed by atoms with E-state index in [1.54, 1.807) is 19.1 Å². The van der Waals surface area contributed by atoms with E-state index < -0.39 is 22.0 Å². The highest BCUT2D eigenvalue weighted by Crippen LogP contribution is 2.20. The monoisotopic (exact) mass is 362 g/mol. The SMILES string of the molecule is CC(N)C(=O)OCc1ccccc1.O=C1NS(=O)(=O)c2ccccc21. The number of benzene rings is 2. The van der Waals surface area contributed by atoms with Gasteiger partial charge in [0.05, 0.1) is 5.56 Å². The average molecular weight is 362 g/mol. The van der Waals surface area contributed by atoms with Crippen molar-refractivity contribution in [2.75, 3.05) is 0 Å². The summed E-state index contributed by atoms with van der Waals surface area (Å²) in [5.74, 6) is -0.922. The molecule has 3 rings (SSSR count). The maximum Gasteiger partial charge on any atom is 0.322 e. The van der Waals surface area contributed by atoms with Crippen LogP contribution in [0.5, 0.6) is 0 Å². The van der Waals surface area contributed by atoms with Crippen LogP contribution in [0.4, 0.5) is 0 Å². The Labute approximate surface area is 145 Å². The van der Waals surface area contributed by atoms with E-state index in [4.69, 9.17) is 10.5 Å². The molecule has 0 aliphatic carbocycles. The number of nitrogens with two attached hydrogens (primary N) is 1. The molecule has 8 heteroatoms. The van der Waals surface area contributed by atoms with Gasteiger partial charge in [-0.05, 0) is 24.6 Å². The van der Waals surface area contributed by atoms with Gasteiger partial charge < -0.3 is 10.5 Å². The fourth-order valence-electron chi connectivity index (χ4n) is 1.98. The van der Waals surface area contributed by atoms with Crippen LogP contribution in [0.2, 0.25) is 0 Å². The van der Waals surface area contributed by atoms with Crippen molar-refractivity contribution in [3.63, 3.8) is 0 Å². The molecule has 2 aromatic rings. The van der Waals surface area contributed by atoms with E-state index in [0.717, 1.165) is 5.56 Å². The van der Waals surface area contributed by atoms with E-state index in [-0.39, 0.29) is 16.4 Å². The Balaban J connectivity index is 0.000000181. The number of amides is 1. The van der Waals surface area contributed by atoms with Gasteiger partial charge in [0.2, 0.25) is 0 Å². The maximum absolute atomic E-state index is 11.1. The molecule has 3 N–H and O–H groups in total. The molecule has 0 saturated heterocycles. The van der Waals surface area contributed by atoms with Crippen molar-refractivity contribution in [3.8, 4) is 0 Å². The zero-order valence-electron chi connectivity index (χ0n) is 13.5. The third-order valence-corrected chi connectivity index (χ3v) is 4.63. The lowest BCUT2D eigenvalue weighted by Crippen LogP contribution is -2.28. The normalized spacial score (nSPS) is 15.2. The lowest BCUT2D eigenvalue weighted by molar-refractivity contribution is -0.146. The minimum Gasteiger partial charge on any atom is -0.460 e. The van der Waals surface area contributed by atoms with Gasteiger partial charge in [0.15, 0.2) is 0 Å². The number of carbonyl (C=O) groups excluding carboxylic acids is 2. The van der Waals surface area contributed by atoms with Gasteiger partial charge in [-0.15, -0.1) is 0 Å². The molecule has 1 aliphatic rings. The molecule has 1 amide bonds. The van der Waals surface area contributed by atoms with Crippen LogP contribution in [0.25, 0.3) is 0 Å². The van der Waals surface area contributed by atoms with Gasteiger partial charge in [0.25, 0.3) is 15.9 Å². The second-order valence-electron chi connectivity index (χ2n) is 5.31. The van der Waals surface area contributed by atoms with Gasteiger partial charge in [-0.1, -0.05) is 42.5 Å². The highest BCUT2D eigenvalue weighted by Gasteiger charge is 2.31. The number of nitrogens with one attached hydrogen (secondary N) is 1. The first-order valence-electron chi connectivity index (χ1n) is 7.43. The largest absolute Gasteiger partial charge is 0.460 e. The maximum atomic E-state index is 11.1. The third kappa shape index (κ3) is 4.88. The van der Waals surface area contributed by atoms with Gasteiger partial charge in [0.1, 0.15) is 17.5 Å². The van der Waals surface area contributed by atoms with Crippen molar-refractivity contribution in [2.24, 2.45) is 5.73 Å². The summed E-state index contributed by atoms with van der Waals surface area (Å²) in [6.45, 7) is 1.90. The molecular weight excluding hydrogens is 344 g/mol. The summed E-state index contributed by atoms with van der Waals surface area (Å²) in [5.41, 5.74) is 6.51. The van der Waals surface area contributed by atoms with Crippen molar-refractivity contribution in [1.82, 2.24) is 4.72 Å². The molecule has 0 spiro atoms. The first kappa shape index (κ1) is 18.6. The van der Waals surface area contributed by atoms with E-state index in [9.17, 15) is 18.0 Å². The second-order valence-corrected chi connectivity index (χ2v) is 6.96. The van der Waals surface area contributed by atoms with Crippen LogP contribution in [-0.4, -0.2) is 26.3 Å². The summed E-state index contributed by atoms with van der Waals surface area (Å²) in [4.78, 5) is 22.0. The van der Waals surface area contributed by atoms with E-state index in [0.29, 0.717) is 6.61 Å². The van der Waals surface area contributed by atoms with Gasteiger partial charge >= 0.3 is 5.97 Å². The van der Waals surface area contributed by atoms with Crippen LogP contribution >= 0.6 is 0 Å². The van der Waals surface area contributed by atoms with Gasteiger partial charge in [-0.25, -0.2) is 13.1 Å². The molecule has 1 unspecified atom stereocenters. The van der Waals surface area contributed by atoms with Crippen LogP contribution < -0.4 is 10.5 Å². The number of esters is 1. The second kappa shape index (κ2) is 7.91. The highest BCUT2D eigenvalue weighted by molar-refractivity contribution is 7.90. The molecule has 0 radical (unpaired) electrons. The molecule has 1 atom stereocenters. The Hall–Kier alpha value is -2.71. The van der Waals surface area contributed by atoms with Crippen molar-refractivity contribution in [2.45, 2.75) is 24.5 Å². The zero-order chi connectivity index (χ0) is 18.4. The zero-order valence-corrected chi connectivity index (χ0v) is 14.3. The van der Waals surface area contributed by atoms with Gasteiger partial charge in [-0.3, -0.25) is 9.59 Å². The van der Waals surface area contributed by atoms with Crippen LogP contribution in [0, 0.1) is 0 Å². The Morgan fingerprint density at radius 1 is 1.12 bits per heavy atom. The number of rotatable bonds is 3. The number of hydrogen-bond donors (Lipinski definition) is 2. The summed E-state index contributed by atoms with van der Waals surface area (Å²) >= 11 is 0. The molecule has 0 bridgehead atoms. The predicted molar refractivity (Wildman–Crippen MR) is 91.0 cm³/mol. The first-order chi connectivity index (χ1) is 11.8. The van der Waals surface area contributed by atoms with E-state index in [1.165, 1.54) is 12.1 Å². The fourth-order valence-corrected chi connectivity index (χ4v) is 3.15. The molecule has 0 aromatic heterocycles. The van der Waals surface area contributed by atoms with Gasteiger partial charge in [-0.2, -0.15) is 0 Å². The van der Waals surface area contributed by atoms with Crippen molar-refractivity contribution in [3.05, 3.63) is 65.7 Å². The molecule has 1 aliphatic heterocycles. The molecule has 132 valence electrons. The summed E-state index contributed by atoms with van der Waals surface area (Å²) in [6, 6.07) is 15.0. The lowest BCUT2D eigenvalue weighted by atomic mass is 10.2. The summed E-state index contributed by atoms with van der Waals surface area (Å²) < 4.78 is 29.1. The highest BCUT2D eigenvalue weighted by atomic mass is 32.2. The summed E-state index contributed by atoms with van der Waals surface area (Å²) in [7, 11) is -3.55. The van der Waals surface area contributed by atoms with Crippen molar-refractivity contribution < 1.29 is 22.7 Å². The van der Waals surface area contributed by atoms with Crippen LogP contribution in [-0.2, 0) is 26.2 Å². The number of carbonyl (C=O) groups is 2. The van der Waals surface area contributed by atoms with Crippen molar-refractivity contribution >= 4 is 21.9 Å². The van der Waals surface area contributed by atoms with Gasteiger partial charge in [0, 0.05) is 0 Å². The average Bonchev–Trinajstić information content (AvgIpc) is 2.84. The Kier molecular flexibility index (Phi) is 5.89. The Bertz CT molecular complexity index is 864. The van der Waals surface area contributed by atoms with E-state index in [2.05, 4.69) is 0 Å². The fraction of sp³-hybridized carbons (Fsp3) is 0.176. The molecule has 0 saturated carbocycles. The molecule has 0 fully saturated rings. The smallest absolute Gasteiger partial charge is 0.322 e. The molecule has 1 heterocycles. The van der Waals surface area contributed by atoms with E-state index in [1.807, 2.05) is 35.1 Å². The topological polar surface area (TPSA) is 116 Å². The quantitative estimate of drug-likeness (QED) is 0.793. The summed E-state index contributed by atoms with van der Waals surface area (Å²) in [5, 5.41) is 0. The number of sulfonamides is 1. The van der Waals surface area contributed by atoms with Crippen LogP contribution in [0.15, 0.2) is 59.5 Å².